The van der Waals surface area contributed by atoms with Crippen molar-refractivity contribution in [1.82, 2.24) is 9.88 Å². The van der Waals surface area contributed by atoms with Crippen molar-refractivity contribution in [3.05, 3.63) is 80.1 Å². The first-order valence-electron chi connectivity index (χ1n) is 9.50. The molecule has 9 nitrogen and oxygen atoms in total. The maximum absolute atomic E-state index is 13.4. The molecular weight excluding hydrogens is 438 g/mol. The molecule has 2 aromatic carbocycles. The molecule has 0 unspecified atom stereocenters. The number of halogens is 1. The van der Waals surface area contributed by atoms with E-state index in [1.807, 2.05) is 0 Å². The first-order valence-corrected chi connectivity index (χ1v) is 9.88. The number of nitrogen functional groups attached to an aromatic ring is 1. The van der Waals surface area contributed by atoms with Gasteiger partial charge in [-0.3, -0.25) is 29.1 Å². The standard InChI is InChI=1S/C22H14ClN3O6/c23-11-3-1-10(2-4-11)19(28)12-7-15-16(32-6-5-31-15)9-14(12)26-17(27)8-13-18(20(26)24)22(30)25-21(13)29/h1-4,7-9H,5-6,24H2,(H,25,29,30). The lowest BCUT2D eigenvalue weighted by molar-refractivity contribution is 0.0879. The number of ether oxygens (including phenoxy) is 2. The highest BCUT2D eigenvalue weighted by Crippen LogP contribution is 2.37. The van der Waals surface area contributed by atoms with Crippen LogP contribution in [0.15, 0.2) is 47.3 Å². The molecule has 0 fully saturated rings. The number of pyridine rings is 1. The number of nitrogens with zero attached hydrogens (tertiary/aromatic N) is 1. The number of nitrogens with one attached hydrogen (secondary N) is 1. The van der Waals surface area contributed by atoms with Crippen LogP contribution in [-0.2, 0) is 0 Å². The first-order chi connectivity index (χ1) is 15.3. The van der Waals surface area contributed by atoms with Gasteiger partial charge in [0.2, 0.25) is 0 Å². The molecule has 0 spiro atoms. The predicted octanol–water partition coefficient (Wildman–Crippen LogP) is 1.96. The summed E-state index contributed by atoms with van der Waals surface area (Å²) in [5, 5.41) is 2.57. The number of benzene rings is 2. The highest BCUT2D eigenvalue weighted by atomic mass is 35.5. The fraction of sp³-hybridized carbons (Fsp3) is 0.0909. The number of hydrogen-bond acceptors (Lipinski definition) is 7. The van der Waals surface area contributed by atoms with E-state index >= 15 is 0 Å². The Labute approximate surface area is 185 Å². The van der Waals surface area contributed by atoms with Crippen LogP contribution in [0.25, 0.3) is 5.69 Å². The van der Waals surface area contributed by atoms with Crippen LogP contribution in [0, 0.1) is 0 Å². The van der Waals surface area contributed by atoms with Gasteiger partial charge in [0.1, 0.15) is 19.0 Å². The summed E-state index contributed by atoms with van der Waals surface area (Å²) in [7, 11) is 0. The van der Waals surface area contributed by atoms with Crippen LogP contribution < -0.4 is 26.1 Å². The van der Waals surface area contributed by atoms with Crippen molar-refractivity contribution in [3.8, 4) is 17.2 Å². The first kappa shape index (κ1) is 19.8. The molecule has 3 aromatic rings. The number of rotatable bonds is 3. The second-order valence-corrected chi connectivity index (χ2v) is 7.56. The molecule has 0 radical (unpaired) electrons. The summed E-state index contributed by atoms with van der Waals surface area (Å²) in [5.74, 6) is -1.48. The second kappa shape index (κ2) is 7.24. The maximum atomic E-state index is 13.4. The third kappa shape index (κ3) is 3.02. The Bertz CT molecular complexity index is 1390. The van der Waals surface area contributed by atoms with E-state index in [0.29, 0.717) is 28.7 Å². The molecule has 2 amide bonds. The highest BCUT2D eigenvalue weighted by Gasteiger charge is 2.33. The van der Waals surface area contributed by atoms with Crippen molar-refractivity contribution in [2.45, 2.75) is 0 Å². The monoisotopic (exact) mass is 451 g/mol. The quantitative estimate of drug-likeness (QED) is 0.460. The molecule has 1 aromatic heterocycles. The average Bonchev–Trinajstić information content (AvgIpc) is 3.06. The van der Waals surface area contributed by atoms with Crippen molar-refractivity contribution in [1.29, 1.82) is 0 Å². The molecule has 160 valence electrons. The Morgan fingerprint density at radius 3 is 2.31 bits per heavy atom. The highest BCUT2D eigenvalue weighted by molar-refractivity contribution is 6.30. The smallest absolute Gasteiger partial charge is 0.262 e. The number of fused-ring (bicyclic) bond motifs is 2. The van der Waals surface area contributed by atoms with Crippen molar-refractivity contribution in [2.75, 3.05) is 18.9 Å². The Morgan fingerprint density at radius 2 is 1.62 bits per heavy atom. The minimum atomic E-state index is -0.723. The van der Waals surface area contributed by atoms with Crippen molar-refractivity contribution in [2.24, 2.45) is 0 Å². The molecule has 32 heavy (non-hydrogen) atoms. The second-order valence-electron chi connectivity index (χ2n) is 7.12. The molecule has 10 heteroatoms. The van der Waals surface area contributed by atoms with E-state index in [0.717, 1.165) is 10.6 Å². The lowest BCUT2D eigenvalue weighted by atomic mass is 10.00. The van der Waals surface area contributed by atoms with Gasteiger partial charge >= 0.3 is 0 Å². The summed E-state index contributed by atoms with van der Waals surface area (Å²) in [6.07, 6.45) is 0. The Kier molecular flexibility index (Phi) is 4.49. The lowest BCUT2D eigenvalue weighted by Crippen LogP contribution is -2.26. The summed E-state index contributed by atoms with van der Waals surface area (Å²) < 4.78 is 12.2. The van der Waals surface area contributed by atoms with Crippen LogP contribution in [0.4, 0.5) is 5.82 Å². The summed E-state index contributed by atoms with van der Waals surface area (Å²) in [6.45, 7) is 0.576. The molecule has 0 bridgehead atoms. The third-order valence-corrected chi connectivity index (χ3v) is 5.46. The van der Waals surface area contributed by atoms with E-state index in [-0.39, 0.29) is 34.8 Å². The van der Waals surface area contributed by atoms with Gasteiger partial charge in [-0.05, 0) is 30.3 Å². The van der Waals surface area contributed by atoms with E-state index < -0.39 is 23.2 Å². The SMILES string of the molecule is Nc1c2c(cc(=O)n1-c1cc3c(cc1C(=O)c1ccc(Cl)cc1)OCCO3)C(=O)NC2=O. The zero-order valence-electron chi connectivity index (χ0n) is 16.3. The number of carbonyl (C=O) groups excluding carboxylic acids is 3. The molecule has 0 atom stereocenters. The number of amides is 2. The number of anilines is 1. The number of aromatic nitrogens is 1. The van der Waals surface area contributed by atoms with Gasteiger partial charge in [0.15, 0.2) is 17.3 Å². The van der Waals surface area contributed by atoms with Crippen LogP contribution in [0.5, 0.6) is 11.5 Å². The lowest BCUT2D eigenvalue weighted by Gasteiger charge is -2.22. The van der Waals surface area contributed by atoms with Gasteiger partial charge in [0, 0.05) is 22.7 Å². The Hall–Kier alpha value is -4.11. The summed E-state index contributed by atoms with van der Waals surface area (Å²) in [4.78, 5) is 50.6. The zero-order chi connectivity index (χ0) is 22.6. The van der Waals surface area contributed by atoms with Gasteiger partial charge in [-0.2, -0.15) is 0 Å². The molecule has 5 rings (SSSR count). The normalized spacial score (nSPS) is 14.2. The van der Waals surface area contributed by atoms with Crippen molar-refractivity contribution in [3.63, 3.8) is 0 Å². The van der Waals surface area contributed by atoms with Gasteiger partial charge in [0.05, 0.1) is 22.4 Å². The van der Waals surface area contributed by atoms with Crippen LogP contribution in [0.1, 0.15) is 36.6 Å². The van der Waals surface area contributed by atoms with Crippen LogP contribution in [-0.4, -0.2) is 35.4 Å². The van der Waals surface area contributed by atoms with Gasteiger partial charge < -0.3 is 15.2 Å². The molecule has 3 heterocycles. The van der Waals surface area contributed by atoms with Crippen LogP contribution in [0.3, 0.4) is 0 Å². The predicted molar refractivity (Wildman–Crippen MR) is 114 cm³/mol. The largest absolute Gasteiger partial charge is 0.486 e. The van der Waals surface area contributed by atoms with Gasteiger partial charge in [0.25, 0.3) is 17.4 Å². The Morgan fingerprint density at radius 1 is 0.969 bits per heavy atom. The maximum Gasteiger partial charge on any atom is 0.262 e. The fourth-order valence-corrected chi connectivity index (χ4v) is 3.86. The molecule has 3 N–H and O–H groups in total. The van der Waals surface area contributed by atoms with Crippen LogP contribution in [0.2, 0.25) is 5.02 Å². The summed E-state index contributed by atoms with van der Waals surface area (Å²) >= 11 is 5.93. The number of imide groups is 1. The van der Waals surface area contributed by atoms with Crippen LogP contribution >= 0.6 is 11.6 Å². The van der Waals surface area contributed by atoms with E-state index in [4.69, 9.17) is 26.8 Å². The van der Waals surface area contributed by atoms with Gasteiger partial charge in [-0.15, -0.1) is 0 Å². The third-order valence-electron chi connectivity index (χ3n) is 5.21. The Balaban J connectivity index is 1.78. The topological polar surface area (TPSA) is 130 Å². The minimum absolute atomic E-state index is 0.0895. The molecule has 0 saturated heterocycles. The van der Waals surface area contributed by atoms with E-state index in [1.54, 1.807) is 24.3 Å². The van der Waals surface area contributed by atoms with Crippen molar-refractivity contribution >= 4 is 35.0 Å². The number of ketones is 1. The number of nitrogens with two attached hydrogens (primary N) is 1. The minimum Gasteiger partial charge on any atom is -0.486 e. The molecule has 2 aliphatic rings. The van der Waals surface area contributed by atoms with E-state index in [2.05, 4.69) is 5.32 Å². The van der Waals surface area contributed by atoms with E-state index in [1.165, 1.54) is 12.1 Å². The molecule has 2 aliphatic heterocycles. The fourth-order valence-electron chi connectivity index (χ4n) is 3.73. The van der Waals surface area contributed by atoms with Gasteiger partial charge in [-0.25, -0.2) is 0 Å². The molecule has 0 aliphatic carbocycles. The number of hydrogen-bond donors (Lipinski definition) is 2. The summed E-state index contributed by atoms with van der Waals surface area (Å²) in [6, 6.07) is 10.2. The van der Waals surface area contributed by atoms with Crippen molar-refractivity contribution < 1.29 is 23.9 Å². The number of carbonyl (C=O) groups is 3. The van der Waals surface area contributed by atoms with Gasteiger partial charge in [-0.1, -0.05) is 11.6 Å². The molecular formula is C22H14ClN3O6. The summed E-state index contributed by atoms with van der Waals surface area (Å²) in [5.41, 5.74) is 5.74. The zero-order valence-corrected chi connectivity index (χ0v) is 17.1. The van der Waals surface area contributed by atoms with E-state index in [9.17, 15) is 19.2 Å². The molecule has 0 saturated carbocycles. The average molecular weight is 452 g/mol.